The molecule has 0 radical (unpaired) electrons. The summed E-state index contributed by atoms with van der Waals surface area (Å²) in [6, 6.07) is 6.63. The van der Waals surface area contributed by atoms with Crippen LogP contribution in [0.3, 0.4) is 0 Å². The van der Waals surface area contributed by atoms with E-state index in [9.17, 15) is 13.6 Å². The first-order valence-electron chi connectivity index (χ1n) is 12.6. The van der Waals surface area contributed by atoms with E-state index in [1.165, 1.54) is 6.07 Å². The largest absolute Gasteiger partial charge is 0.342 e. The number of carbonyl (C=O) groups is 1. The summed E-state index contributed by atoms with van der Waals surface area (Å²) in [6.07, 6.45) is 5.99. The van der Waals surface area contributed by atoms with Crippen molar-refractivity contribution in [1.29, 1.82) is 0 Å². The summed E-state index contributed by atoms with van der Waals surface area (Å²) in [5, 5.41) is 2.99. The fourth-order valence-electron chi connectivity index (χ4n) is 4.86. The van der Waals surface area contributed by atoms with Crippen LogP contribution >= 0.6 is 0 Å². The van der Waals surface area contributed by atoms with E-state index in [1.807, 2.05) is 49.3 Å². The highest BCUT2D eigenvalue weighted by atomic mass is 19.1. The molecule has 1 aliphatic heterocycles. The number of benzene rings is 1. The van der Waals surface area contributed by atoms with E-state index in [2.05, 4.69) is 25.3 Å². The van der Waals surface area contributed by atoms with Crippen LogP contribution in [0.25, 0.3) is 28.4 Å². The number of hydrogen-bond donors (Lipinski definition) is 1. The number of imidazole rings is 1. The van der Waals surface area contributed by atoms with Crippen molar-refractivity contribution in [1.82, 2.24) is 29.4 Å². The molecule has 1 N–H and O–H groups in total. The van der Waals surface area contributed by atoms with Crippen molar-refractivity contribution in [3.63, 3.8) is 0 Å². The predicted octanol–water partition coefficient (Wildman–Crippen LogP) is 5.83. The third-order valence-corrected chi connectivity index (χ3v) is 6.67. The average molecular weight is 518 g/mol. The lowest BCUT2D eigenvalue weighted by Crippen LogP contribution is -2.35. The number of rotatable bonds is 6. The minimum Gasteiger partial charge on any atom is -0.342 e. The zero-order chi connectivity index (χ0) is 27.0. The number of nitrogens with zero attached hydrogens (tertiary/aromatic N) is 6. The Morgan fingerprint density at radius 3 is 2.61 bits per heavy atom. The normalized spacial score (nSPS) is 15.2. The second-order valence-electron chi connectivity index (χ2n) is 9.64. The Kier molecular flexibility index (Phi) is 6.88. The molecule has 3 aromatic heterocycles. The number of pyridine rings is 1. The van der Waals surface area contributed by atoms with Crippen molar-refractivity contribution in [2.75, 3.05) is 18.4 Å². The number of carbonyl (C=O) groups excluding carboxylic acids is 1. The topological polar surface area (TPSA) is 88.8 Å². The predicted molar refractivity (Wildman–Crippen MR) is 143 cm³/mol. The Morgan fingerprint density at radius 1 is 1.11 bits per heavy atom. The number of aromatic nitrogens is 5. The van der Waals surface area contributed by atoms with Crippen LogP contribution in [0.5, 0.6) is 0 Å². The first-order chi connectivity index (χ1) is 18.2. The van der Waals surface area contributed by atoms with Crippen LogP contribution in [0.1, 0.15) is 51.0 Å². The zero-order valence-electron chi connectivity index (χ0n) is 21.8. The van der Waals surface area contributed by atoms with Gasteiger partial charge in [-0.2, -0.15) is 0 Å². The number of piperidine rings is 1. The molecule has 4 heterocycles. The van der Waals surface area contributed by atoms with Gasteiger partial charge in [0.15, 0.2) is 11.6 Å². The summed E-state index contributed by atoms with van der Waals surface area (Å²) in [4.78, 5) is 31.1. The molecule has 0 bridgehead atoms. The number of aryl methyl sites for hydroxylation is 1. The third-order valence-electron chi connectivity index (χ3n) is 6.67. The molecule has 1 aliphatic rings. The molecule has 0 unspecified atom stereocenters. The molecule has 1 saturated heterocycles. The van der Waals surface area contributed by atoms with Gasteiger partial charge in [0, 0.05) is 37.3 Å². The molecule has 10 heteroatoms. The van der Waals surface area contributed by atoms with Gasteiger partial charge in [0.25, 0.3) is 0 Å². The molecular formula is C28H29F2N7O. The standard InChI is InChI=1S/C28H29F2N7O/c1-5-36-9-8-18(11-25(36)38)10-19-6-7-24(31-14-19)34-28-32-15-22(30)26(35-28)20-12-21(29)27-23(13-20)37(16(2)3)17(4)33-27/h6-7,10,12-16H,5,8-9,11H2,1-4H3,(H,31,32,34,35)/b18-10-. The summed E-state index contributed by atoms with van der Waals surface area (Å²) in [7, 11) is 0. The molecule has 1 fully saturated rings. The van der Waals surface area contributed by atoms with Gasteiger partial charge in [-0.3, -0.25) is 4.79 Å². The molecule has 0 aliphatic carbocycles. The lowest BCUT2D eigenvalue weighted by molar-refractivity contribution is -0.131. The van der Waals surface area contributed by atoms with E-state index >= 15 is 0 Å². The maximum atomic E-state index is 14.9. The number of anilines is 2. The van der Waals surface area contributed by atoms with E-state index in [1.54, 1.807) is 18.3 Å². The minimum absolute atomic E-state index is 0.0260. The van der Waals surface area contributed by atoms with Gasteiger partial charge in [0.1, 0.15) is 22.9 Å². The molecule has 5 rings (SSSR count). The van der Waals surface area contributed by atoms with Gasteiger partial charge in [0.2, 0.25) is 11.9 Å². The smallest absolute Gasteiger partial charge is 0.229 e. The molecule has 1 aromatic carbocycles. The van der Waals surface area contributed by atoms with Gasteiger partial charge in [-0.05, 0) is 63.9 Å². The quantitative estimate of drug-likeness (QED) is 0.346. The number of likely N-dealkylation sites (tertiary alicyclic amines) is 1. The summed E-state index contributed by atoms with van der Waals surface area (Å²) >= 11 is 0. The van der Waals surface area contributed by atoms with E-state index in [0.29, 0.717) is 29.1 Å². The van der Waals surface area contributed by atoms with E-state index < -0.39 is 11.6 Å². The third kappa shape index (κ3) is 4.98. The summed E-state index contributed by atoms with van der Waals surface area (Å²) in [5.41, 5.74) is 3.04. The fraction of sp³-hybridized carbons (Fsp3) is 0.321. The number of fused-ring (bicyclic) bond motifs is 1. The van der Waals surface area contributed by atoms with Gasteiger partial charge in [-0.15, -0.1) is 0 Å². The molecule has 4 aromatic rings. The zero-order valence-corrected chi connectivity index (χ0v) is 21.8. The van der Waals surface area contributed by atoms with Gasteiger partial charge < -0.3 is 14.8 Å². The highest BCUT2D eigenvalue weighted by Crippen LogP contribution is 2.30. The fourth-order valence-corrected chi connectivity index (χ4v) is 4.86. The van der Waals surface area contributed by atoms with E-state index in [-0.39, 0.29) is 29.1 Å². The molecule has 0 atom stereocenters. The summed E-state index contributed by atoms with van der Waals surface area (Å²) in [5.74, 6) is 0.215. The molecule has 8 nitrogen and oxygen atoms in total. The summed E-state index contributed by atoms with van der Waals surface area (Å²) in [6.45, 7) is 9.22. The maximum absolute atomic E-state index is 14.9. The van der Waals surface area contributed by atoms with Crippen LogP contribution in [-0.4, -0.2) is 48.4 Å². The lowest BCUT2D eigenvalue weighted by Gasteiger charge is -2.27. The van der Waals surface area contributed by atoms with Crippen molar-refractivity contribution < 1.29 is 13.6 Å². The van der Waals surface area contributed by atoms with Crippen LogP contribution < -0.4 is 5.32 Å². The minimum atomic E-state index is -0.666. The number of amides is 1. The van der Waals surface area contributed by atoms with Crippen molar-refractivity contribution in [3.05, 3.63) is 65.3 Å². The molecule has 1 amide bonds. The molecule has 0 saturated carbocycles. The highest BCUT2D eigenvalue weighted by molar-refractivity contribution is 5.83. The molecular weight excluding hydrogens is 488 g/mol. The Balaban J connectivity index is 1.38. The van der Waals surface area contributed by atoms with Crippen molar-refractivity contribution in [2.45, 2.75) is 46.6 Å². The van der Waals surface area contributed by atoms with Gasteiger partial charge in [0.05, 0.1) is 11.7 Å². The van der Waals surface area contributed by atoms with E-state index in [0.717, 1.165) is 36.8 Å². The number of hydrogen-bond acceptors (Lipinski definition) is 6. The molecule has 38 heavy (non-hydrogen) atoms. The van der Waals surface area contributed by atoms with Crippen LogP contribution in [0, 0.1) is 18.6 Å². The monoisotopic (exact) mass is 517 g/mol. The molecule has 196 valence electrons. The molecule has 0 spiro atoms. The number of halogens is 2. The Labute approximate surface area is 219 Å². The summed E-state index contributed by atoms with van der Waals surface area (Å²) < 4.78 is 31.6. The van der Waals surface area contributed by atoms with Gasteiger partial charge >= 0.3 is 0 Å². The first-order valence-corrected chi connectivity index (χ1v) is 12.6. The number of nitrogens with one attached hydrogen (secondary N) is 1. The van der Waals surface area contributed by atoms with Crippen LogP contribution in [0.2, 0.25) is 0 Å². The lowest BCUT2D eigenvalue weighted by atomic mass is 10.0. The van der Waals surface area contributed by atoms with Crippen molar-refractivity contribution in [2.24, 2.45) is 0 Å². The first kappa shape index (κ1) is 25.4. The SMILES string of the molecule is CCN1CC/C(=C/c2ccc(Nc3ncc(F)c(-c4cc(F)c5nc(C)n(C(C)C)c5c4)n3)nc2)CC1=O. The second-order valence-corrected chi connectivity index (χ2v) is 9.64. The Hall–Kier alpha value is -4.21. The second kappa shape index (κ2) is 10.3. The van der Waals surface area contributed by atoms with E-state index in [4.69, 9.17) is 0 Å². The average Bonchev–Trinajstić information content (AvgIpc) is 3.23. The van der Waals surface area contributed by atoms with Crippen LogP contribution in [-0.2, 0) is 4.79 Å². The van der Waals surface area contributed by atoms with Crippen LogP contribution in [0.15, 0.2) is 42.2 Å². The van der Waals surface area contributed by atoms with Crippen molar-refractivity contribution >= 4 is 34.8 Å². The Morgan fingerprint density at radius 2 is 1.92 bits per heavy atom. The Bertz CT molecular complexity index is 1540. The van der Waals surface area contributed by atoms with Gasteiger partial charge in [-0.25, -0.2) is 28.7 Å². The van der Waals surface area contributed by atoms with Crippen LogP contribution in [0.4, 0.5) is 20.5 Å². The maximum Gasteiger partial charge on any atom is 0.229 e. The highest BCUT2D eigenvalue weighted by Gasteiger charge is 2.20. The van der Waals surface area contributed by atoms with Crippen molar-refractivity contribution in [3.8, 4) is 11.3 Å². The van der Waals surface area contributed by atoms with Gasteiger partial charge in [-0.1, -0.05) is 11.6 Å².